The SMILES string of the molecule is Cn1ccnc1CCNC(=O)NC1(C(=O)O)CCCC1. The quantitative estimate of drug-likeness (QED) is 0.738. The van der Waals surface area contributed by atoms with Gasteiger partial charge in [0.1, 0.15) is 11.4 Å². The van der Waals surface area contributed by atoms with Crippen LogP contribution in [0.4, 0.5) is 4.79 Å². The van der Waals surface area contributed by atoms with Crippen LogP contribution in [0, 0.1) is 0 Å². The second kappa shape index (κ2) is 5.94. The predicted octanol–water partition coefficient (Wildman–Crippen LogP) is 0.659. The fourth-order valence-corrected chi connectivity index (χ4v) is 2.56. The smallest absolute Gasteiger partial charge is 0.329 e. The summed E-state index contributed by atoms with van der Waals surface area (Å²) in [6.07, 6.45) is 6.81. The lowest BCUT2D eigenvalue weighted by atomic mass is 9.98. The number of aromatic nitrogens is 2. The zero-order chi connectivity index (χ0) is 14.6. The Morgan fingerprint density at radius 2 is 2.15 bits per heavy atom. The van der Waals surface area contributed by atoms with Crippen LogP contribution in [0.15, 0.2) is 12.4 Å². The van der Waals surface area contributed by atoms with E-state index in [2.05, 4.69) is 15.6 Å². The van der Waals surface area contributed by atoms with Crippen LogP contribution < -0.4 is 10.6 Å². The molecule has 1 aromatic heterocycles. The molecule has 0 bridgehead atoms. The molecule has 1 aromatic rings. The minimum atomic E-state index is -1.09. The van der Waals surface area contributed by atoms with Crippen molar-refractivity contribution in [3.05, 3.63) is 18.2 Å². The molecule has 0 radical (unpaired) electrons. The lowest BCUT2D eigenvalue weighted by Crippen LogP contribution is -2.55. The van der Waals surface area contributed by atoms with Gasteiger partial charge in [-0.2, -0.15) is 0 Å². The molecule has 1 heterocycles. The molecule has 1 saturated carbocycles. The van der Waals surface area contributed by atoms with Crippen molar-refractivity contribution in [1.82, 2.24) is 20.2 Å². The van der Waals surface area contributed by atoms with Gasteiger partial charge in [0.15, 0.2) is 0 Å². The lowest BCUT2D eigenvalue weighted by molar-refractivity contribution is -0.144. The van der Waals surface area contributed by atoms with Crippen LogP contribution in [0.2, 0.25) is 0 Å². The Balaban J connectivity index is 1.80. The normalized spacial score (nSPS) is 16.9. The topological polar surface area (TPSA) is 96.3 Å². The maximum absolute atomic E-state index is 11.8. The number of hydrogen-bond donors (Lipinski definition) is 3. The van der Waals surface area contributed by atoms with Gasteiger partial charge >= 0.3 is 12.0 Å². The first kappa shape index (κ1) is 14.4. The molecule has 1 aliphatic rings. The number of nitrogens with zero attached hydrogens (tertiary/aromatic N) is 2. The summed E-state index contributed by atoms with van der Waals surface area (Å²) >= 11 is 0. The Morgan fingerprint density at radius 3 is 2.70 bits per heavy atom. The van der Waals surface area contributed by atoms with E-state index in [0.717, 1.165) is 18.7 Å². The van der Waals surface area contributed by atoms with Crippen LogP contribution in [-0.4, -0.2) is 38.7 Å². The van der Waals surface area contributed by atoms with Crippen molar-refractivity contribution in [2.24, 2.45) is 7.05 Å². The number of aliphatic carboxylic acids is 1. The molecule has 0 aromatic carbocycles. The zero-order valence-corrected chi connectivity index (χ0v) is 11.6. The van der Waals surface area contributed by atoms with Crippen molar-refractivity contribution >= 4 is 12.0 Å². The number of urea groups is 1. The standard InChI is InChI=1S/C13H20N4O3/c1-17-9-8-14-10(17)4-7-15-12(20)16-13(11(18)19)5-2-3-6-13/h8-9H,2-7H2,1H3,(H,18,19)(H2,15,16,20). The van der Waals surface area contributed by atoms with Gasteiger partial charge in [-0.3, -0.25) is 0 Å². The minimum absolute atomic E-state index is 0.423. The molecule has 0 unspecified atom stereocenters. The van der Waals surface area contributed by atoms with Gasteiger partial charge in [0.25, 0.3) is 0 Å². The third-order valence-electron chi connectivity index (χ3n) is 3.77. The molecule has 1 aliphatic carbocycles. The second-order valence-electron chi connectivity index (χ2n) is 5.18. The molecule has 2 rings (SSSR count). The first-order valence-electron chi connectivity index (χ1n) is 6.79. The number of imidazole rings is 1. The van der Waals surface area contributed by atoms with Gasteiger partial charge < -0.3 is 20.3 Å². The summed E-state index contributed by atoms with van der Waals surface area (Å²) in [7, 11) is 1.89. The van der Waals surface area contributed by atoms with E-state index in [1.807, 2.05) is 17.8 Å². The van der Waals surface area contributed by atoms with Gasteiger partial charge in [0.05, 0.1) is 0 Å². The van der Waals surface area contributed by atoms with Gasteiger partial charge in [-0.25, -0.2) is 14.6 Å². The molecule has 2 amide bonds. The number of carboxylic acids is 1. The number of rotatable bonds is 5. The molecule has 110 valence electrons. The average molecular weight is 280 g/mol. The van der Waals surface area contributed by atoms with Crippen LogP contribution in [0.25, 0.3) is 0 Å². The number of carbonyl (C=O) groups excluding carboxylic acids is 1. The summed E-state index contributed by atoms with van der Waals surface area (Å²) in [5.74, 6) is -0.0756. The molecule has 0 spiro atoms. The van der Waals surface area contributed by atoms with Gasteiger partial charge in [-0.1, -0.05) is 12.8 Å². The summed E-state index contributed by atoms with van der Waals surface area (Å²) in [4.78, 5) is 27.3. The monoisotopic (exact) mass is 280 g/mol. The van der Waals surface area contributed by atoms with Crippen LogP contribution in [0.5, 0.6) is 0 Å². The number of carboxylic acid groups (broad SMARTS) is 1. The highest BCUT2D eigenvalue weighted by atomic mass is 16.4. The van der Waals surface area contributed by atoms with Crippen molar-refractivity contribution in [2.45, 2.75) is 37.6 Å². The summed E-state index contributed by atoms with van der Waals surface area (Å²) in [6, 6.07) is -0.427. The van der Waals surface area contributed by atoms with Crippen LogP contribution in [0.3, 0.4) is 0 Å². The Bertz CT molecular complexity index is 492. The van der Waals surface area contributed by atoms with E-state index in [9.17, 15) is 14.7 Å². The molecule has 0 saturated heterocycles. The van der Waals surface area contributed by atoms with Crippen LogP contribution >= 0.6 is 0 Å². The Hall–Kier alpha value is -2.05. The third-order valence-corrected chi connectivity index (χ3v) is 3.77. The molecule has 3 N–H and O–H groups in total. The molecule has 1 fully saturated rings. The van der Waals surface area contributed by atoms with Crippen LogP contribution in [-0.2, 0) is 18.3 Å². The molecular formula is C13H20N4O3. The summed E-state index contributed by atoms with van der Waals surface area (Å²) < 4.78 is 1.88. The molecule has 7 heteroatoms. The van der Waals surface area contributed by atoms with E-state index >= 15 is 0 Å². The fraction of sp³-hybridized carbons (Fsp3) is 0.615. The number of aryl methyl sites for hydroxylation is 1. The van der Waals surface area contributed by atoms with E-state index in [1.54, 1.807) is 6.20 Å². The van der Waals surface area contributed by atoms with E-state index in [1.165, 1.54) is 0 Å². The Kier molecular flexibility index (Phi) is 4.26. The van der Waals surface area contributed by atoms with Gasteiger partial charge in [-0.05, 0) is 12.8 Å². The molecule has 20 heavy (non-hydrogen) atoms. The summed E-state index contributed by atoms with van der Waals surface area (Å²) in [5, 5.41) is 14.6. The second-order valence-corrected chi connectivity index (χ2v) is 5.18. The van der Waals surface area contributed by atoms with Crippen molar-refractivity contribution in [2.75, 3.05) is 6.54 Å². The highest BCUT2D eigenvalue weighted by Crippen LogP contribution is 2.29. The minimum Gasteiger partial charge on any atom is -0.480 e. The van der Waals surface area contributed by atoms with E-state index in [0.29, 0.717) is 25.8 Å². The maximum Gasteiger partial charge on any atom is 0.329 e. The highest BCUT2D eigenvalue weighted by molar-refractivity contribution is 5.86. The number of hydrogen-bond acceptors (Lipinski definition) is 3. The molecular weight excluding hydrogens is 260 g/mol. The number of carbonyl (C=O) groups is 2. The maximum atomic E-state index is 11.8. The molecule has 0 aliphatic heterocycles. The van der Waals surface area contributed by atoms with E-state index < -0.39 is 17.5 Å². The Morgan fingerprint density at radius 1 is 1.45 bits per heavy atom. The van der Waals surface area contributed by atoms with Gasteiger partial charge in [0, 0.05) is 32.4 Å². The molecule has 7 nitrogen and oxygen atoms in total. The number of nitrogens with one attached hydrogen (secondary N) is 2. The fourth-order valence-electron chi connectivity index (χ4n) is 2.56. The first-order chi connectivity index (χ1) is 9.53. The Labute approximate surface area is 117 Å². The van der Waals surface area contributed by atoms with Crippen molar-refractivity contribution in [3.8, 4) is 0 Å². The van der Waals surface area contributed by atoms with Gasteiger partial charge in [0.2, 0.25) is 0 Å². The molecule has 0 atom stereocenters. The predicted molar refractivity (Wildman–Crippen MR) is 72.3 cm³/mol. The first-order valence-corrected chi connectivity index (χ1v) is 6.79. The van der Waals surface area contributed by atoms with E-state index in [4.69, 9.17) is 0 Å². The largest absolute Gasteiger partial charge is 0.480 e. The highest BCUT2D eigenvalue weighted by Gasteiger charge is 2.42. The van der Waals surface area contributed by atoms with Crippen molar-refractivity contribution in [1.29, 1.82) is 0 Å². The van der Waals surface area contributed by atoms with Gasteiger partial charge in [-0.15, -0.1) is 0 Å². The number of amides is 2. The third kappa shape index (κ3) is 3.09. The van der Waals surface area contributed by atoms with Crippen molar-refractivity contribution in [3.63, 3.8) is 0 Å². The van der Waals surface area contributed by atoms with Crippen molar-refractivity contribution < 1.29 is 14.7 Å². The summed E-state index contributed by atoms with van der Waals surface area (Å²) in [5.41, 5.74) is -1.09. The average Bonchev–Trinajstić information content (AvgIpc) is 3.00. The van der Waals surface area contributed by atoms with E-state index in [-0.39, 0.29) is 0 Å². The summed E-state index contributed by atoms with van der Waals surface area (Å²) in [6.45, 7) is 0.423. The zero-order valence-electron chi connectivity index (χ0n) is 11.6. The van der Waals surface area contributed by atoms with Crippen LogP contribution in [0.1, 0.15) is 31.5 Å². The lowest BCUT2D eigenvalue weighted by Gasteiger charge is -2.25.